The lowest BCUT2D eigenvalue weighted by molar-refractivity contribution is -0.671. The Morgan fingerprint density at radius 1 is 0.896 bits per heavy atom. The van der Waals surface area contributed by atoms with E-state index in [0.29, 0.717) is 5.56 Å². The predicted molar refractivity (Wildman–Crippen MR) is 234 cm³/mol. The van der Waals surface area contributed by atoms with Gasteiger partial charge in [0.2, 0.25) is 6.10 Å². The van der Waals surface area contributed by atoms with Crippen LogP contribution in [0.25, 0.3) is 0 Å². The molecule has 67 heavy (non-hydrogen) atoms. The number of nitrogens with zero attached hydrogens (tertiary/aromatic N) is 1. The van der Waals surface area contributed by atoms with Gasteiger partial charge in [0.05, 0.1) is 29.6 Å². The number of hydrogen-bond acceptors (Lipinski definition) is 15. The summed E-state index contributed by atoms with van der Waals surface area (Å²) in [6.45, 7) is 11.7. The quantitative estimate of drug-likeness (QED) is 0.0976. The van der Waals surface area contributed by atoms with Gasteiger partial charge in [-0.3, -0.25) is 9.59 Å². The van der Waals surface area contributed by atoms with Crippen LogP contribution in [0.15, 0.2) is 96.3 Å². The molecule has 1 amide bonds. The van der Waals surface area contributed by atoms with Crippen LogP contribution in [0.3, 0.4) is 0 Å². The van der Waals surface area contributed by atoms with Crippen molar-refractivity contribution < 1.29 is 77.1 Å². The maximum absolute atomic E-state index is 15.2. The Morgan fingerprint density at radius 3 is 2.10 bits per heavy atom. The fraction of sp³-hybridized carbons (Fsp3) is 0.500. The van der Waals surface area contributed by atoms with Gasteiger partial charge in [0, 0.05) is 31.2 Å². The van der Waals surface area contributed by atoms with Crippen LogP contribution in [0.4, 0.5) is 4.79 Å². The molecule has 4 N–H and O–H groups in total. The lowest BCUT2D eigenvalue weighted by Gasteiger charge is -2.67. The summed E-state index contributed by atoms with van der Waals surface area (Å²) in [6, 6.07) is 17.6. The first-order chi connectivity index (χ1) is 31.4. The summed E-state index contributed by atoms with van der Waals surface area (Å²) < 4.78 is 37.8. The van der Waals surface area contributed by atoms with Crippen LogP contribution < -0.4 is 9.88 Å². The first-order valence-electron chi connectivity index (χ1n) is 22.2. The highest BCUT2D eigenvalue weighted by Crippen LogP contribution is 2.64. The van der Waals surface area contributed by atoms with Gasteiger partial charge in [0.25, 0.3) is 0 Å². The first-order valence-corrected chi connectivity index (χ1v) is 22.2. The van der Waals surface area contributed by atoms with Crippen LogP contribution in [0.1, 0.15) is 101 Å². The van der Waals surface area contributed by atoms with Gasteiger partial charge in [-0.05, 0) is 69.5 Å². The van der Waals surface area contributed by atoms with Gasteiger partial charge < -0.3 is 49.1 Å². The number of nitrogens with one attached hydrogen (secondary N) is 1. The number of rotatable bonds is 10. The van der Waals surface area contributed by atoms with Gasteiger partial charge in [-0.2, -0.15) is 0 Å². The number of aliphatic hydroxyl groups excluding tert-OH is 2. The van der Waals surface area contributed by atoms with Crippen molar-refractivity contribution in [2.24, 2.45) is 23.8 Å². The molecule has 1 aliphatic heterocycles. The number of carbonyl (C=O) groups excluding carboxylic acids is 6. The third kappa shape index (κ3) is 8.73. The molecule has 3 aromatic rings. The molecule has 17 heteroatoms. The van der Waals surface area contributed by atoms with Crippen molar-refractivity contribution in [1.29, 1.82) is 0 Å². The maximum atomic E-state index is 15.2. The second-order valence-electron chi connectivity index (χ2n) is 19.7. The van der Waals surface area contributed by atoms with E-state index in [-0.39, 0.29) is 35.3 Å². The van der Waals surface area contributed by atoms with E-state index in [0.717, 1.165) is 6.92 Å². The number of aromatic nitrogens is 1. The number of pyridine rings is 1. The van der Waals surface area contributed by atoms with Gasteiger partial charge in [-0.25, -0.2) is 23.7 Å². The minimum absolute atomic E-state index is 0.0450. The fourth-order valence-electron chi connectivity index (χ4n) is 10.6. The van der Waals surface area contributed by atoms with Crippen molar-refractivity contribution in [3.63, 3.8) is 0 Å². The Hall–Kier alpha value is -6.01. The van der Waals surface area contributed by atoms with Crippen molar-refractivity contribution in [1.82, 2.24) is 5.32 Å². The lowest BCUT2D eigenvalue weighted by atomic mass is 9.44. The van der Waals surface area contributed by atoms with Crippen LogP contribution in [-0.2, 0) is 49.9 Å². The highest BCUT2D eigenvalue weighted by atomic mass is 16.6. The van der Waals surface area contributed by atoms with Crippen molar-refractivity contribution in [2.45, 2.75) is 128 Å². The average Bonchev–Trinajstić information content (AvgIpc) is 3.25. The number of benzene rings is 2. The number of ketones is 1. The third-order valence-electron chi connectivity index (χ3n) is 14.0. The summed E-state index contributed by atoms with van der Waals surface area (Å²) in [7, 11) is 1.68. The average molecular weight is 928 g/mol. The number of esters is 4. The molecule has 17 nitrogen and oxygen atoms in total. The number of alkyl carbamates (subject to hydrolysis) is 1. The zero-order chi connectivity index (χ0) is 49.0. The Morgan fingerprint density at radius 2 is 1.52 bits per heavy atom. The smallest absolute Gasteiger partial charge is 0.408 e. The molecular weight excluding hydrogens is 869 g/mol. The molecule has 11 atom stereocenters. The number of ether oxygens (including phenoxy) is 6. The zero-order valence-electron chi connectivity index (χ0n) is 39.0. The van der Waals surface area contributed by atoms with E-state index in [1.807, 2.05) is 0 Å². The van der Waals surface area contributed by atoms with Gasteiger partial charge in [-0.1, -0.05) is 62.4 Å². The summed E-state index contributed by atoms with van der Waals surface area (Å²) in [5.74, 6) is -6.42. The highest BCUT2D eigenvalue weighted by Gasteiger charge is 2.78. The molecule has 0 spiro atoms. The van der Waals surface area contributed by atoms with Crippen molar-refractivity contribution >= 4 is 35.8 Å². The highest BCUT2D eigenvalue weighted by molar-refractivity contribution is 5.94. The van der Waals surface area contributed by atoms with E-state index in [9.17, 15) is 34.5 Å². The fourth-order valence-corrected chi connectivity index (χ4v) is 10.6. The zero-order valence-corrected chi connectivity index (χ0v) is 39.0. The molecule has 358 valence electrons. The SMILES string of the molecule is CC(=O)O[C@@]12CO[C@@H]1C[C@H](O)[C@@]1(C)C(=O)[C@H](O)C3=C(C)[C@@H](OC(=O)[C@H](OC(=O)c4ccc[n+](C)c4)[C@@H](NC(=O)OC(C)(C)C)c4ccccc4)C[C@@](O)([C@@H](OC(=O)c4ccccc4)C12)C3(C)C. The van der Waals surface area contributed by atoms with Crippen molar-refractivity contribution in [3.05, 3.63) is 113 Å². The van der Waals surface area contributed by atoms with Crippen LogP contribution in [0, 0.1) is 16.7 Å². The summed E-state index contributed by atoms with van der Waals surface area (Å²) in [4.78, 5) is 85.1. The summed E-state index contributed by atoms with van der Waals surface area (Å²) in [5.41, 5.74) is -8.49. The van der Waals surface area contributed by atoms with Crippen molar-refractivity contribution in [2.75, 3.05) is 6.61 Å². The maximum Gasteiger partial charge on any atom is 0.408 e. The Bertz CT molecular complexity index is 2470. The van der Waals surface area contributed by atoms with Crippen LogP contribution in [0.2, 0.25) is 0 Å². The predicted octanol–water partition coefficient (Wildman–Crippen LogP) is 3.95. The molecule has 7 rings (SSSR count). The van der Waals surface area contributed by atoms with E-state index in [1.165, 1.54) is 38.2 Å². The summed E-state index contributed by atoms with van der Waals surface area (Å²) >= 11 is 0. The molecule has 2 bridgehead atoms. The van der Waals surface area contributed by atoms with E-state index in [2.05, 4.69) is 5.32 Å². The van der Waals surface area contributed by atoms with Crippen LogP contribution >= 0.6 is 0 Å². The number of amides is 1. The van der Waals surface area contributed by atoms with Gasteiger partial charge in [0.15, 0.2) is 23.8 Å². The second-order valence-corrected chi connectivity index (χ2v) is 19.7. The second kappa shape index (κ2) is 17.9. The summed E-state index contributed by atoms with van der Waals surface area (Å²) in [5, 5.41) is 40.8. The molecule has 3 aliphatic carbocycles. The molecule has 2 aromatic carbocycles. The largest absolute Gasteiger partial charge is 0.455 e. The van der Waals surface area contributed by atoms with Gasteiger partial charge in [0.1, 0.15) is 54.3 Å². The minimum Gasteiger partial charge on any atom is -0.455 e. The van der Waals surface area contributed by atoms with E-state index in [4.69, 9.17) is 28.4 Å². The molecule has 0 radical (unpaired) electrons. The normalized spacial score (nSPS) is 30.6. The molecule has 1 saturated heterocycles. The summed E-state index contributed by atoms with van der Waals surface area (Å²) in [6.07, 6.45) is -8.61. The first kappa shape index (κ1) is 48.9. The van der Waals surface area contributed by atoms with E-state index >= 15 is 9.59 Å². The number of aryl methyl sites for hydroxylation is 1. The van der Waals surface area contributed by atoms with Crippen LogP contribution in [-0.4, -0.2) is 111 Å². The Labute approximate surface area is 388 Å². The molecule has 1 unspecified atom stereocenters. The number of aliphatic hydroxyl groups is 3. The van der Waals surface area contributed by atoms with E-state index < -0.39 is 118 Å². The Balaban J connectivity index is 1.39. The minimum atomic E-state index is -2.42. The monoisotopic (exact) mass is 927 g/mol. The van der Waals surface area contributed by atoms with Gasteiger partial charge in [-0.15, -0.1) is 0 Å². The molecular formula is C50H59N2O15+. The lowest BCUT2D eigenvalue weighted by Crippen LogP contribution is -2.81. The van der Waals surface area contributed by atoms with Crippen LogP contribution in [0.5, 0.6) is 0 Å². The molecule has 1 aromatic heterocycles. The number of fused-ring (bicyclic) bond motifs is 5. The number of carbonyl (C=O) groups is 6. The number of Topliss-reactive ketones (excluding diaryl/α,β-unsaturated/α-hetero) is 1. The Kier molecular flexibility index (Phi) is 13.1. The molecule has 2 heterocycles. The molecule has 2 saturated carbocycles. The standard InChI is InChI=1S/C50H58N2O15/c1-27-32(63-44(59)38(64-43(58)31-21-16-22-52(9)25-31)36(29-17-12-10-13-18-29)51-45(60)67-46(3,4)5)24-50(61)41(65-42(57)30-19-14-11-15-20-30)39-48(8,40(56)37(55)35(27)47(50,6)7)33(54)23-34-49(39,26-62-34)66-28(2)53/h10-22,25,32-34,36-39,41,54-55,61H,23-24,26H2,1-9H3/p+1/t32-,33-,34+,36-,37+,38+,39?,41-,48+,49-,50+/m0/s1. The van der Waals surface area contributed by atoms with Crippen molar-refractivity contribution in [3.8, 4) is 0 Å². The molecule has 3 fully saturated rings. The number of hydrogen-bond donors (Lipinski definition) is 4. The van der Waals surface area contributed by atoms with Gasteiger partial charge >= 0.3 is 30.0 Å². The van der Waals surface area contributed by atoms with E-state index in [1.54, 1.807) is 107 Å². The third-order valence-corrected chi connectivity index (χ3v) is 14.0. The topological polar surface area (TPSA) is 234 Å². The molecule has 4 aliphatic rings.